The third-order valence-electron chi connectivity index (χ3n) is 2.31. The van der Waals surface area contributed by atoms with Gasteiger partial charge in [-0.2, -0.15) is 18.2 Å². The van der Waals surface area contributed by atoms with E-state index in [1.165, 1.54) is 6.07 Å². The Morgan fingerprint density at radius 3 is 2.80 bits per heavy atom. The minimum atomic E-state index is -4.38. The van der Waals surface area contributed by atoms with Crippen molar-refractivity contribution in [1.29, 1.82) is 0 Å². The second-order valence-corrected chi connectivity index (χ2v) is 3.21. The minimum Gasteiger partial charge on any atom is -0.212 e. The van der Waals surface area contributed by atoms with Gasteiger partial charge in [-0.1, -0.05) is 6.07 Å². The number of benzene rings is 1. The first-order chi connectivity index (χ1) is 7.07. The highest BCUT2D eigenvalue weighted by Crippen LogP contribution is 2.42. The molecule has 1 N–H and O–H groups in total. The number of halogens is 3. The van der Waals surface area contributed by atoms with Gasteiger partial charge in [0.15, 0.2) is 5.16 Å². The molecule has 3 nitrogen and oxygen atoms in total. The van der Waals surface area contributed by atoms with E-state index in [1.54, 1.807) is 6.07 Å². The summed E-state index contributed by atoms with van der Waals surface area (Å²) < 4.78 is 42.6. The molecule has 1 aromatic heterocycles. The molecule has 0 spiro atoms. The van der Waals surface area contributed by atoms with Crippen LogP contribution in [0.5, 0.6) is 0 Å². The Balaban J connectivity index is 2.32. The van der Waals surface area contributed by atoms with E-state index in [9.17, 15) is 13.2 Å². The summed E-state index contributed by atoms with van der Waals surface area (Å²) in [5.41, 5.74) is -0.214. The fourth-order valence-electron chi connectivity index (χ4n) is 1.70. The Morgan fingerprint density at radius 1 is 1.27 bits per heavy atom. The lowest BCUT2D eigenvalue weighted by molar-refractivity contribution is -0.352. The molecular weight excluding hydrogens is 209 g/mol. The first kappa shape index (κ1) is 8.46. The van der Waals surface area contributed by atoms with Crippen molar-refractivity contribution in [2.75, 3.05) is 0 Å². The topological polar surface area (TPSA) is 40.2 Å². The third kappa shape index (κ3) is 1.01. The van der Waals surface area contributed by atoms with E-state index in [4.69, 9.17) is 4.52 Å². The molecule has 0 saturated carbocycles. The van der Waals surface area contributed by atoms with Crippen molar-refractivity contribution in [3.05, 3.63) is 23.8 Å². The molecule has 2 bridgehead atoms. The predicted molar refractivity (Wildman–Crippen MR) is 42.5 cm³/mol. The van der Waals surface area contributed by atoms with Gasteiger partial charge in [0, 0.05) is 0 Å². The Kier molecular flexibility index (Phi) is 1.35. The van der Waals surface area contributed by atoms with Gasteiger partial charge in [0.1, 0.15) is 0 Å². The van der Waals surface area contributed by atoms with Crippen molar-refractivity contribution in [2.45, 2.75) is 6.18 Å². The van der Waals surface area contributed by atoms with Crippen LogP contribution in [-0.2, 0) is 6.18 Å². The zero-order valence-corrected chi connectivity index (χ0v) is 7.22. The fraction of sp³-hybridized carbons (Fsp3) is 0.111. The molecule has 0 aliphatic carbocycles. The Labute approximate surface area is 81.5 Å². The molecule has 1 aliphatic rings. The molecule has 76 valence electrons. The first-order valence-corrected chi connectivity index (χ1v) is 4.17. The van der Waals surface area contributed by atoms with Gasteiger partial charge in [0.2, 0.25) is 0 Å². The maximum atomic E-state index is 12.6. The normalized spacial score (nSPS) is 13.0. The molecular formula is C9H4F3N2O+. The standard InChI is InChI=1S/C9H3F3N2O/c10-9(11,12)5-3-1-2-4-6(5)8-13-7(4)14-15-8/h1-3H/p+1. The van der Waals surface area contributed by atoms with Crippen LogP contribution in [0.3, 0.4) is 0 Å². The van der Waals surface area contributed by atoms with Crippen molar-refractivity contribution >= 4 is 0 Å². The van der Waals surface area contributed by atoms with Gasteiger partial charge in [-0.25, -0.2) is 4.52 Å². The van der Waals surface area contributed by atoms with E-state index >= 15 is 0 Å². The average Bonchev–Trinajstić information content (AvgIpc) is 2.76. The molecule has 1 aromatic carbocycles. The number of rotatable bonds is 0. The molecule has 0 atom stereocenters. The summed E-state index contributed by atoms with van der Waals surface area (Å²) in [6.45, 7) is 0. The highest BCUT2D eigenvalue weighted by atomic mass is 19.4. The van der Waals surface area contributed by atoms with E-state index in [2.05, 4.69) is 10.1 Å². The monoisotopic (exact) mass is 213 g/mol. The molecule has 1 aliphatic heterocycles. The van der Waals surface area contributed by atoms with Gasteiger partial charge in [-0.15, -0.1) is 0 Å². The summed E-state index contributed by atoms with van der Waals surface area (Å²) >= 11 is 0. The molecule has 0 saturated heterocycles. The summed E-state index contributed by atoms with van der Waals surface area (Å²) in [4.78, 5) is 2.65. The quantitative estimate of drug-likeness (QED) is 0.574. The SMILES string of the molecule is FC(F)(F)c1cccc2c1-c1[nH+]c-2no1. The number of aromatic nitrogens is 2. The molecule has 2 aromatic rings. The van der Waals surface area contributed by atoms with Crippen LogP contribution in [0.25, 0.3) is 22.8 Å². The Bertz CT molecular complexity index is 545. The van der Waals surface area contributed by atoms with Gasteiger partial charge in [0.25, 0.3) is 0 Å². The summed E-state index contributed by atoms with van der Waals surface area (Å²) in [5, 5.41) is 3.57. The van der Waals surface area contributed by atoms with Gasteiger partial charge < -0.3 is 0 Å². The second kappa shape index (κ2) is 2.39. The van der Waals surface area contributed by atoms with Crippen molar-refractivity contribution < 1.29 is 22.7 Å². The van der Waals surface area contributed by atoms with E-state index in [-0.39, 0.29) is 11.5 Å². The molecule has 3 rings (SSSR count). The molecule has 2 heterocycles. The smallest absolute Gasteiger partial charge is 0.212 e. The zero-order valence-electron chi connectivity index (χ0n) is 7.22. The van der Waals surface area contributed by atoms with E-state index in [0.29, 0.717) is 11.4 Å². The highest BCUT2D eigenvalue weighted by Gasteiger charge is 2.42. The first-order valence-electron chi connectivity index (χ1n) is 4.17. The lowest BCUT2D eigenvalue weighted by atomic mass is 10.0. The number of hydrogen-bond donors (Lipinski definition) is 0. The Hall–Kier alpha value is -1.85. The van der Waals surface area contributed by atoms with Crippen LogP contribution >= 0.6 is 0 Å². The summed E-state index contributed by atoms with van der Waals surface area (Å²) in [6, 6.07) is 3.96. The van der Waals surface area contributed by atoms with Crippen LogP contribution in [0.15, 0.2) is 22.7 Å². The molecule has 0 unspecified atom stereocenters. The fourth-order valence-corrected chi connectivity index (χ4v) is 1.70. The van der Waals surface area contributed by atoms with E-state index in [0.717, 1.165) is 6.07 Å². The van der Waals surface area contributed by atoms with Crippen LogP contribution in [0.2, 0.25) is 0 Å². The predicted octanol–water partition coefficient (Wildman–Crippen LogP) is 2.15. The summed E-state index contributed by atoms with van der Waals surface area (Å²) in [7, 11) is 0. The molecule has 15 heavy (non-hydrogen) atoms. The highest BCUT2D eigenvalue weighted by molar-refractivity contribution is 5.80. The maximum absolute atomic E-state index is 12.6. The number of hydrogen-bond acceptors (Lipinski definition) is 2. The van der Waals surface area contributed by atoms with Crippen molar-refractivity contribution in [3.63, 3.8) is 0 Å². The molecule has 0 radical (unpaired) electrons. The van der Waals surface area contributed by atoms with Crippen LogP contribution in [-0.4, -0.2) is 5.16 Å². The van der Waals surface area contributed by atoms with Crippen LogP contribution in [0.4, 0.5) is 13.2 Å². The van der Waals surface area contributed by atoms with Gasteiger partial charge in [-0.05, 0) is 12.1 Å². The number of nitrogens with zero attached hydrogens (tertiary/aromatic N) is 1. The van der Waals surface area contributed by atoms with Gasteiger partial charge >= 0.3 is 17.9 Å². The third-order valence-corrected chi connectivity index (χ3v) is 2.31. The number of nitrogens with one attached hydrogen (secondary N) is 1. The summed E-state index contributed by atoms with van der Waals surface area (Å²) in [6.07, 6.45) is -4.38. The van der Waals surface area contributed by atoms with Crippen molar-refractivity contribution in [3.8, 4) is 22.8 Å². The minimum absolute atomic E-state index is 0.0509. The van der Waals surface area contributed by atoms with Crippen LogP contribution in [0.1, 0.15) is 5.56 Å². The lowest BCUT2D eigenvalue weighted by Gasteiger charge is -2.08. The van der Waals surface area contributed by atoms with Crippen LogP contribution in [0, 0.1) is 0 Å². The Morgan fingerprint density at radius 2 is 2.07 bits per heavy atom. The molecule has 6 heteroatoms. The van der Waals surface area contributed by atoms with Gasteiger partial charge in [-0.3, -0.25) is 0 Å². The number of alkyl halides is 3. The van der Waals surface area contributed by atoms with E-state index in [1.807, 2.05) is 0 Å². The number of aromatic amines is 1. The second-order valence-electron chi connectivity index (χ2n) is 3.21. The van der Waals surface area contributed by atoms with E-state index < -0.39 is 11.7 Å². The number of fused-ring (bicyclic) bond motifs is 5. The molecule has 0 amide bonds. The largest absolute Gasteiger partial charge is 0.417 e. The molecule has 0 fully saturated rings. The maximum Gasteiger partial charge on any atom is 0.417 e. The zero-order chi connectivity index (χ0) is 10.6. The average molecular weight is 213 g/mol. The summed E-state index contributed by atoms with van der Waals surface area (Å²) in [5.74, 6) is 0.402. The van der Waals surface area contributed by atoms with Crippen molar-refractivity contribution in [1.82, 2.24) is 5.16 Å². The van der Waals surface area contributed by atoms with Crippen LogP contribution < -0.4 is 4.98 Å². The van der Waals surface area contributed by atoms with Crippen molar-refractivity contribution in [2.24, 2.45) is 0 Å². The van der Waals surface area contributed by atoms with Gasteiger partial charge in [0.05, 0.1) is 16.7 Å². The number of H-pyrrole nitrogens is 1. The lowest BCUT2D eigenvalue weighted by Crippen LogP contribution is -2.07.